The molecule has 47 heavy (non-hydrogen) atoms. The van der Waals surface area contributed by atoms with Crippen LogP contribution < -0.4 is 10.6 Å². The summed E-state index contributed by atoms with van der Waals surface area (Å²) in [6.07, 6.45) is 9.35. The van der Waals surface area contributed by atoms with Crippen molar-refractivity contribution < 1.29 is 19.2 Å². The number of carbonyl (C=O) groups is 4. The Labute approximate surface area is 282 Å². The fourth-order valence-electron chi connectivity index (χ4n) is 7.55. The molecule has 1 aliphatic carbocycles. The monoisotopic (exact) mass is 649 g/mol. The minimum Gasteiger partial charge on any atom is -0.342 e. The second-order valence-corrected chi connectivity index (χ2v) is 15.7. The van der Waals surface area contributed by atoms with Gasteiger partial charge in [-0.05, 0) is 107 Å². The van der Waals surface area contributed by atoms with Crippen molar-refractivity contribution >= 4 is 29.3 Å². The topological polar surface area (TPSA) is 102 Å². The van der Waals surface area contributed by atoms with Crippen molar-refractivity contribution in [1.29, 1.82) is 0 Å². The first-order chi connectivity index (χ1) is 22.1. The molecule has 3 aliphatic rings. The number of hydrogen-bond acceptors (Lipinski definition) is 5. The molecule has 0 spiro atoms. The second-order valence-electron chi connectivity index (χ2n) is 15.7. The molecule has 0 aromatic heterocycles. The lowest BCUT2D eigenvalue weighted by atomic mass is 9.84. The number of nitrogens with one attached hydrogen (secondary N) is 2. The summed E-state index contributed by atoms with van der Waals surface area (Å²) in [6.45, 7) is 17.4. The molecule has 4 rings (SSSR count). The third-order valence-electron chi connectivity index (χ3n) is 10.3. The number of likely N-dealkylation sites (tertiary alicyclic amines) is 2. The van der Waals surface area contributed by atoms with Gasteiger partial charge in [-0.25, -0.2) is 0 Å². The van der Waals surface area contributed by atoms with Crippen LogP contribution in [0.15, 0.2) is 29.8 Å². The van der Waals surface area contributed by atoms with Gasteiger partial charge in [0, 0.05) is 30.9 Å². The van der Waals surface area contributed by atoms with Crippen LogP contribution in [-0.2, 0) is 32.0 Å². The molecule has 2 aliphatic heterocycles. The molecule has 9 heteroatoms. The van der Waals surface area contributed by atoms with Crippen molar-refractivity contribution in [2.45, 2.75) is 137 Å². The van der Waals surface area contributed by atoms with Crippen LogP contribution in [0.1, 0.15) is 105 Å². The van der Waals surface area contributed by atoms with Gasteiger partial charge in [0.05, 0.1) is 12.1 Å². The highest BCUT2D eigenvalue weighted by molar-refractivity contribution is 6.01. The first-order valence-electron chi connectivity index (χ1n) is 17.8. The van der Waals surface area contributed by atoms with Gasteiger partial charge in [0.2, 0.25) is 23.6 Å². The van der Waals surface area contributed by atoms with Crippen LogP contribution >= 0.6 is 0 Å². The Hall–Kier alpha value is -3.20. The minimum atomic E-state index is -0.729. The lowest BCUT2D eigenvalue weighted by Crippen LogP contribution is -2.60. The molecule has 0 saturated carbocycles. The Balaban J connectivity index is 1.47. The number of hydrogen-bond donors (Lipinski definition) is 2. The van der Waals surface area contributed by atoms with Crippen molar-refractivity contribution in [1.82, 2.24) is 20.0 Å². The number of likely N-dealkylation sites (N-methyl/N-ethyl adjacent to an activating group) is 1. The Morgan fingerprint density at radius 1 is 0.894 bits per heavy atom. The lowest BCUT2D eigenvalue weighted by molar-refractivity contribution is -0.142. The van der Waals surface area contributed by atoms with Gasteiger partial charge in [0.1, 0.15) is 12.1 Å². The van der Waals surface area contributed by atoms with Crippen LogP contribution in [0.3, 0.4) is 0 Å². The number of piperidine rings is 1. The van der Waals surface area contributed by atoms with E-state index in [1.54, 1.807) is 23.8 Å². The normalized spacial score (nSPS) is 21.9. The molecule has 2 heterocycles. The van der Waals surface area contributed by atoms with E-state index in [1.165, 1.54) is 11.1 Å². The summed E-state index contributed by atoms with van der Waals surface area (Å²) in [5, 5.41) is 6.21. The van der Waals surface area contributed by atoms with E-state index >= 15 is 0 Å². The maximum atomic E-state index is 14.2. The molecule has 4 atom stereocenters. The van der Waals surface area contributed by atoms with Gasteiger partial charge in [0.25, 0.3) is 0 Å². The van der Waals surface area contributed by atoms with Crippen LogP contribution in [0.25, 0.3) is 0 Å². The molecule has 0 radical (unpaired) electrons. The molecule has 0 bridgehead atoms. The van der Waals surface area contributed by atoms with Crippen LogP contribution in [-0.4, -0.2) is 88.7 Å². The third kappa shape index (κ3) is 8.64. The Morgan fingerprint density at radius 2 is 1.57 bits per heavy atom. The molecular formula is C38H59N5O4. The summed E-state index contributed by atoms with van der Waals surface area (Å²) in [7, 11) is 1.76. The van der Waals surface area contributed by atoms with Crippen LogP contribution in [0.2, 0.25) is 0 Å². The van der Waals surface area contributed by atoms with E-state index in [4.69, 9.17) is 0 Å². The van der Waals surface area contributed by atoms with Crippen molar-refractivity contribution in [3.05, 3.63) is 41.0 Å². The van der Waals surface area contributed by atoms with E-state index in [0.29, 0.717) is 18.5 Å². The van der Waals surface area contributed by atoms with E-state index in [0.717, 1.165) is 57.2 Å². The fourth-order valence-corrected chi connectivity index (χ4v) is 7.55. The minimum absolute atomic E-state index is 0.00952. The number of nitrogens with zero attached hydrogens (tertiary/aromatic N) is 3. The summed E-state index contributed by atoms with van der Waals surface area (Å²) in [5.41, 5.74) is 3.40. The molecule has 1 aromatic rings. The van der Waals surface area contributed by atoms with Crippen molar-refractivity contribution in [2.24, 2.45) is 11.3 Å². The van der Waals surface area contributed by atoms with Crippen molar-refractivity contribution in [3.63, 3.8) is 0 Å². The van der Waals surface area contributed by atoms with Gasteiger partial charge in [-0.1, -0.05) is 53.2 Å². The Morgan fingerprint density at radius 3 is 2.23 bits per heavy atom. The molecule has 9 nitrogen and oxygen atoms in total. The van der Waals surface area contributed by atoms with Crippen molar-refractivity contribution in [2.75, 3.05) is 25.5 Å². The third-order valence-corrected chi connectivity index (χ3v) is 10.3. The molecule has 2 N–H and O–H groups in total. The molecular weight excluding hydrogens is 590 g/mol. The fraction of sp³-hybridized carbons (Fsp3) is 0.684. The highest BCUT2D eigenvalue weighted by Crippen LogP contribution is 2.28. The predicted octanol–water partition coefficient (Wildman–Crippen LogP) is 5.33. The lowest BCUT2D eigenvalue weighted by Gasteiger charge is -2.41. The summed E-state index contributed by atoms with van der Waals surface area (Å²) < 4.78 is 0. The maximum absolute atomic E-state index is 14.2. The number of rotatable bonds is 10. The van der Waals surface area contributed by atoms with Crippen LogP contribution in [0, 0.1) is 11.3 Å². The second kappa shape index (κ2) is 15.3. The average molecular weight is 650 g/mol. The number of anilines is 1. The Bertz CT molecular complexity index is 1350. The van der Waals surface area contributed by atoms with Crippen LogP contribution in [0.4, 0.5) is 5.69 Å². The smallest absolute Gasteiger partial charge is 0.249 e. The van der Waals surface area contributed by atoms with Gasteiger partial charge in [-0.15, -0.1) is 0 Å². The number of amides is 4. The molecule has 260 valence electrons. The SMILES string of the molecule is C/C(=C\[C@H](C(C)C)N(C)C(=O)[C@@H](NC(=O)[C@H]1CCCCN1C(C)C)C(C)(C)C)C(=O)N1CCC[C@H]1C(=O)Nc1ccc2c(c1)CCC2. The molecule has 4 amide bonds. The zero-order chi connectivity index (χ0) is 34.6. The quantitative estimate of drug-likeness (QED) is 0.334. The van der Waals surface area contributed by atoms with Gasteiger partial charge in [-0.3, -0.25) is 24.1 Å². The largest absolute Gasteiger partial charge is 0.342 e. The van der Waals surface area contributed by atoms with Gasteiger partial charge >= 0.3 is 0 Å². The standard InChI is InChI=1S/C38H59N5O4/c1-24(2)32(41(9)37(47)33(38(6,7)8)40-35(45)30-16-10-11-20-42(30)25(3)4)22-26(5)36(46)43-21-13-17-31(43)34(44)39-29-19-18-27-14-12-15-28(27)23-29/h18-19,22-25,30-33H,10-17,20-21H2,1-9H3,(H,39,44)(H,40,45)/b26-22+/t30-,31+,32-,33-/m1/s1. The highest BCUT2D eigenvalue weighted by atomic mass is 16.2. The molecule has 1 aromatic carbocycles. The summed E-state index contributed by atoms with van der Waals surface area (Å²) >= 11 is 0. The van der Waals surface area contributed by atoms with E-state index in [2.05, 4.69) is 41.5 Å². The van der Waals surface area contributed by atoms with E-state index in [9.17, 15) is 19.2 Å². The molecule has 2 fully saturated rings. The highest BCUT2D eigenvalue weighted by Gasteiger charge is 2.40. The molecule has 2 saturated heterocycles. The summed E-state index contributed by atoms with van der Waals surface area (Å²) in [6, 6.07) is 4.46. The maximum Gasteiger partial charge on any atom is 0.249 e. The average Bonchev–Trinajstić information content (AvgIpc) is 3.70. The van der Waals surface area contributed by atoms with Gasteiger partial charge in [-0.2, -0.15) is 0 Å². The summed E-state index contributed by atoms with van der Waals surface area (Å²) in [4.78, 5) is 60.6. The van der Waals surface area contributed by atoms with E-state index in [1.807, 2.05) is 46.8 Å². The number of aryl methyl sites for hydroxylation is 2. The first kappa shape index (κ1) is 36.6. The zero-order valence-corrected chi connectivity index (χ0v) is 30.3. The number of benzene rings is 1. The number of carbonyl (C=O) groups excluding carboxylic acids is 4. The Kier molecular flexibility index (Phi) is 12.0. The van der Waals surface area contributed by atoms with Crippen molar-refractivity contribution in [3.8, 4) is 0 Å². The van der Waals surface area contributed by atoms with Gasteiger partial charge < -0.3 is 20.4 Å². The molecule has 0 unspecified atom stereocenters. The van der Waals surface area contributed by atoms with E-state index < -0.39 is 17.5 Å². The summed E-state index contributed by atoms with van der Waals surface area (Å²) in [5.74, 6) is -0.612. The first-order valence-corrected chi connectivity index (χ1v) is 17.8. The zero-order valence-electron chi connectivity index (χ0n) is 30.3. The van der Waals surface area contributed by atoms with Gasteiger partial charge in [0.15, 0.2) is 0 Å². The van der Waals surface area contributed by atoms with Crippen LogP contribution in [0.5, 0.6) is 0 Å². The number of fused-ring (bicyclic) bond motifs is 1. The predicted molar refractivity (Wildman–Crippen MR) is 188 cm³/mol. The van der Waals surface area contributed by atoms with E-state index in [-0.39, 0.29) is 47.7 Å².